The third-order valence-corrected chi connectivity index (χ3v) is 7.64. The van der Waals surface area contributed by atoms with Gasteiger partial charge in [-0.25, -0.2) is 14.4 Å². The van der Waals surface area contributed by atoms with E-state index in [0.29, 0.717) is 0 Å². The molecular formula is C24H34N3O10P. The number of aromatic amines is 1. The molecule has 1 aliphatic heterocycles. The van der Waals surface area contributed by atoms with Gasteiger partial charge in [0.25, 0.3) is 5.56 Å². The molecule has 210 valence electrons. The SMILES string of the molecule is Cc1ccccc1CO[P@](=O)(N[C@@H](C)C(=O)OC(C)C)OC[C@H]1O[C@@H](n2ccc(=O)[nH]c2=O)[C@](C)(O)[C@@H]1O. The van der Waals surface area contributed by atoms with E-state index in [1.54, 1.807) is 26.0 Å². The van der Waals surface area contributed by atoms with Gasteiger partial charge in [-0.3, -0.25) is 28.2 Å². The lowest BCUT2D eigenvalue weighted by atomic mass is 9.96. The number of benzene rings is 1. The van der Waals surface area contributed by atoms with E-state index in [-0.39, 0.29) is 6.61 Å². The smallest absolute Gasteiger partial charge is 0.406 e. The standard InChI is InChI=1S/C24H34N3O10P/c1-14(2)36-21(30)16(4)26-38(33,34-12-17-9-7-6-8-15(17)3)35-13-18-20(29)24(5,32)22(37-18)27-11-10-19(28)25-23(27)31/h6-11,14,16,18,20,22,29,32H,12-13H2,1-5H3,(H,26,33)(H,25,28,31)/t16-,18+,20+,22+,24+,38+/m0/s1. The van der Waals surface area contributed by atoms with Crippen molar-refractivity contribution in [1.82, 2.24) is 14.6 Å². The van der Waals surface area contributed by atoms with Crippen molar-refractivity contribution in [2.24, 2.45) is 0 Å². The minimum Gasteiger partial charge on any atom is -0.462 e. The first kappa shape index (κ1) is 29.9. The third kappa shape index (κ3) is 7.06. The number of ether oxygens (including phenoxy) is 2. The molecule has 0 saturated carbocycles. The lowest BCUT2D eigenvalue weighted by molar-refractivity contribution is -0.149. The number of H-pyrrole nitrogens is 1. The van der Waals surface area contributed by atoms with Gasteiger partial charge in [0, 0.05) is 12.3 Å². The van der Waals surface area contributed by atoms with E-state index in [4.69, 9.17) is 18.5 Å². The maximum absolute atomic E-state index is 13.7. The van der Waals surface area contributed by atoms with Crippen LogP contribution in [0.1, 0.15) is 45.0 Å². The van der Waals surface area contributed by atoms with Gasteiger partial charge in [-0.05, 0) is 45.7 Å². The molecule has 2 heterocycles. The van der Waals surface area contributed by atoms with Gasteiger partial charge < -0.3 is 19.7 Å². The molecule has 0 amide bonds. The Bertz CT molecular complexity index is 1290. The third-order valence-electron chi connectivity index (χ3n) is 5.98. The second-order valence-corrected chi connectivity index (χ2v) is 11.3. The summed E-state index contributed by atoms with van der Waals surface area (Å²) in [6, 6.07) is 7.24. The average molecular weight is 556 g/mol. The van der Waals surface area contributed by atoms with Gasteiger partial charge in [-0.2, -0.15) is 0 Å². The zero-order valence-corrected chi connectivity index (χ0v) is 22.7. The highest BCUT2D eigenvalue weighted by Gasteiger charge is 2.54. The summed E-state index contributed by atoms with van der Waals surface area (Å²) >= 11 is 0. The van der Waals surface area contributed by atoms with Crippen LogP contribution in [0.5, 0.6) is 0 Å². The fraction of sp³-hybridized carbons (Fsp3) is 0.542. The molecule has 0 spiro atoms. The molecule has 13 nitrogen and oxygen atoms in total. The highest BCUT2D eigenvalue weighted by Crippen LogP contribution is 2.47. The number of carbonyl (C=O) groups excluding carboxylic acids is 1. The number of hydrogen-bond donors (Lipinski definition) is 4. The van der Waals surface area contributed by atoms with Crippen molar-refractivity contribution in [3.8, 4) is 0 Å². The van der Waals surface area contributed by atoms with Gasteiger partial charge in [0.2, 0.25) is 0 Å². The normalized spacial score (nSPS) is 25.7. The Morgan fingerprint density at radius 1 is 1.24 bits per heavy atom. The van der Waals surface area contributed by atoms with Crippen molar-refractivity contribution in [2.45, 2.75) is 77.4 Å². The zero-order valence-electron chi connectivity index (χ0n) is 21.8. The van der Waals surface area contributed by atoms with Gasteiger partial charge in [0.15, 0.2) is 6.23 Å². The number of nitrogens with one attached hydrogen (secondary N) is 2. The first-order valence-electron chi connectivity index (χ1n) is 12.0. The minimum atomic E-state index is -4.23. The van der Waals surface area contributed by atoms with E-state index < -0.39 is 67.8 Å². The number of esters is 1. The molecule has 0 unspecified atom stereocenters. The number of carbonyl (C=O) groups is 1. The summed E-state index contributed by atoms with van der Waals surface area (Å²) in [5.74, 6) is -0.680. The summed E-state index contributed by atoms with van der Waals surface area (Å²) in [7, 11) is -4.23. The van der Waals surface area contributed by atoms with Crippen molar-refractivity contribution in [3.63, 3.8) is 0 Å². The van der Waals surface area contributed by atoms with Gasteiger partial charge in [0.05, 0.1) is 19.3 Å². The van der Waals surface area contributed by atoms with Crippen LogP contribution in [-0.4, -0.2) is 62.3 Å². The summed E-state index contributed by atoms with van der Waals surface area (Å²) in [6.07, 6.45) is -3.52. The topological polar surface area (TPSA) is 178 Å². The van der Waals surface area contributed by atoms with E-state index in [2.05, 4.69) is 10.1 Å². The van der Waals surface area contributed by atoms with Crippen molar-refractivity contribution < 1.29 is 38.1 Å². The molecule has 3 rings (SSSR count). The number of nitrogens with zero attached hydrogens (tertiary/aromatic N) is 1. The molecule has 1 aliphatic rings. The minimum absolute atomic E-state index is 0.121. The van der Waals surface area contributed by atoms with Crippen molar-refractivity contribution in [2.75, 3.05) is 6.61 Å². The number of aliphatic hydroxyl groups excluding tert-OH is 1. The summed E-state index contributed by atoms with van der Waals surface area (Å²) in [5, 5.41) is 24.2. The Morgan fingerprint density at radius 3 is 2.55 bits per heavy atom. The molecule has 4 N–H and O–H groups in total. The van der Waals surface area contributed by atoms with Crippen LogP contribution >= 0.6 is 7.75 Å². The van der Waals surface area contributed by atoms with Gasteiger partial charge >= 0.3 is 19.4 Å². The molecule has 14 heteroatoms. The molecule has 1 fully saturated rings. The van der Waals surface area contributed by atoms with Crippen LogP contribution in [0.25, 0.3) is 0 Å². The average Bonchev–Trinajstić information content (AvgIpc) is 3.05. The Balaban J connectivity index is 1.79. The molecule has 6 atom stereocenters. The summed E-state index contributed by atoms with van der Waals surface area (Å²) in [5.41, 5.74) is -1.88. The van der Waals surface area contributed by atoms with E-state index in [9.17, 15) is 29.2 Å². The first-order chi connectivity index (χ1) is 17.7. The lowest BCUT2D eigenvalue weighted by Gasteiger charge is -2.27. The van der Waals surface area contributed by atoms with Crippen molar-refractivity contribution >= 4 is 13.7 Å². The van der Waals surface area contributed by atoms with Crippen molar-refractivity contribution in [1.29, 1.82) is 0 Å². The van der Waals surface area contributed by atoms with Crippen LogP contribution in [0.4, 0.5) is 0 Å². The Morgan fingerprint density at radius 2 is 1.92 bits per heavy atom. The summed E-state index contributed by atoms with van der Waals surface area (Å²) in [4.78, 5) is 38.0. The molecule has 1 aromatic carbocycles. The largest absolute Gasteiger partial charge is 0.462 e. The van der Waals surface area contributed by atoms with E-state index >= 15 is 0 Å². The van der Waals surface area contributed by atoms with Gasteiger partial charge in [-0.15, -0.1) is 0 Å². The van der Waals surface area contributed by atoms with Crippen LogP contribution < -0.4 is 16.3 Å². The molecule has 0 radical (unpaired) electrons. The molecule has 2 aromatic rings. The highest BCUT2D eigenvalue weighted by atomic mass is 31.2. The van der Waals surface area contributed by atoms with E-state index in [1.807, 2.05) is 19.1 Å². The highest BCUT2D eigenvalue weighted by molar-refractivity contribution is 7.51. The maximum Gasteiger partial charge on any atom is 0.406 e. The Labute approximate surface area is 219 Å². The predicted molar refractivity (Wildman–Crippen MR) is 135 cm³/mol. The van der Waals surface area contributed by atoms with Gasteiger partial charge in [-0.1, -0.05) is 24.3 Å². The lowest BCUT2D eigenvalue weighted by Crippen LogP contribution is -2.47. The number of aliphatic hydroxyl groups is 2. The Kier molecular flexibility index (Phi) is 9.48. The quantitative estimate of drug-likeness (QED) is 0.231. The van der Waals surface area contributed by atoms with Crippen molar-refractivity contribution in [3.05, 3.63) is 68.5 Å². The van der Waals surface area contributed by atoms with Crippen LogP contribution in [0.2, 0.25) is 0 Å². The summed E-state index contributed by atoms with van der Waals surface area (Å²) in [6.45, 7) is 7.21. The molecule has 1 aromatic heterocycles. The fourth-order valence-corrected chi connectivity index (χ4v) is 5.28. The van der Waals surface area contributed by atoms with E-state index in [1.165, 1.54) is 13.8 Å². The fourth-order valence-electron chi connectivity index (χ4n) is 3.82. The van der Waals surface area contributed by atoms with E-state index in [0.717, 1.165) is 28.0 Å². The molecule has 1 saturated heterocycles. The second kappa shape index (κ2) is 12.0. The number of aryl methyl sites for hydroxylation is 1. The molecule has 0 aliphatic carbocycles. The molecular weight excluding hydrogens is 521 g/mol. The molecule has 0 bridgehead atoms. The monoisotopic (exact) mass is 555 g/mol. The van der Waals surface area contributed by atoms with Crippen LogP contribution in [-0.2, 0) is 34.5 Å². The van der Waals surface area contributed by atoms with Crippen LogP contribution in [0, 0.1) is 6.92 Å². The summed E-state index contributed by atoms with van der Waals surface area (Å²) < 4.78 is 36.7. The van der Waals surface area contributed by atoms with Crippen LogP contribution in [0.3, 0.4) is 0 Å². The maximum atomic E-state index is 13.7. The number of rotatable bonds is 11. The number of hydrogen-bond acceptors (Lipinski definition) is 10. The number of aromatic nitrogens is 2. The van der Waals surface area contributed by atoms with Crippen LogP contribution in [0.15, 0.2) is 46.1 Å². The predicted octanol–water partition coefficient (Wildman–Crippen LogP) is 1.13. The Hall–Kier alpha value is -2.64. The van der Waals surface area contributed by atoms with Gasteiger partial charge in [0.1, 0.15) is 23.9 Å². The zero-order chi connectivity index (χ0) is 28.3. The first-order valence-corrected chi connectivity index (χ1v) is 13.6. The molecule has 38 heavy (non-hydrogen) atoms. The second-order valence-electron chi connectivity index (χ2n) is 9.54.